The largest absolute Gasteiger partial charge is 0.368 e. The molecule has 9 nitrogen and oxygen atoms in total. The summed E-state index contributed by atoms with van der Waals surface area (Å²) in [5.41, 5.74) is 5.72. The Morgan fingerprint density at radius 1 is 1.14 bits per heavy atom. The number of nitrogens with zero attached hydrogens (tertiary/aromatic N) is 7. The van der Waals surface area contributed by atoms with E-state index in [9.17, 15) is 0 Å². The first-order valence-electron chi connectivity index (χ1n) is 6.46. The molecule has 0 saturated heterocycles. The topological polar surface area (TPSA) is 112 Å². The molecule has 0 spiro atoms. The monoisotopic (exact) mass is 285 g/mol. The van der Waals surface area contributed by atoms with Crippen molar-refractivity contribution in [3.05, 3.63) is 36.9 Å². The van der Waals surface area contributed by atoms with Crippen LogP contribution in [-0.4, -0.2) is 40.6 Å². The zero-order valence-electron chi connectivity index (χ0n) is 11.5. The van der Waals surface area contributed by atoms with Crippen LogP contribution in [0.1, 0.15) is 6.92 Å². The minimum Gasteiger partial charge on any atom is -0.368 e. The molecule has 0 bridgehead atoms. The van der Waals surface area contributed by atoms with Crippen molar-refractivity contribution in [3.63, 3.8) is 0 Å². The fourth-order valence-corrected chi connectivity index (χ4v) is 1.89. The molecule has 9 heteroatoms. The maximum Gasteiger partial charge on any atom is 0.257 e. The molecule has 0 amide bonds. The number of hydrogen-bond donors (Lipinski definition) is 2. The summed E-state index contributed by atoms with van der Waals surface area (Å²) in [6.45, 7) is 2.70. The summed E-state index contributed by atoms with van der Waals surface area (Å²) in [7, 11) is 0. The van der Waals surface area contributed by atoms with Crippen molar-refractivity contribution < 1.29 is 0 Å². The Labute approximate surface area is 120 Å². The number of aromatic nitrogens is 7. The Hall–Kier alpha value is -2.97. The highest BCUT2D eigenvalue weighted by atomic mass is 15.4. The first-order valence-corrected chi connectivity index (χ1v) is 6.46. The molecule has 0 saturated carbocycles. The third-order valence-electron chi connectivity index (χ3n) is 2.75. The summed E-state index contributed by atoms with van der Waals surface area (Å²) < 4.78 is 3.36. The van der Waals surface area contributed by atoms with Gasteiger partial charge >= 0.3 is 0 Å². The molecule has 0 aliphatic rings. The lowest BCUT2D eigenvalue weighted by atomic mass is 10.3. The summed E-state index contributed by atoms with van der Waals surface area (Å²) in [5.74, 6) is 0.929. The van der Waals surface area contributed by atoms with Gasteiger partial charge in [0, 0.05) is 30.8 Å². The summed E-state index contributed by atoms with van der Waals surface area (Å²) in [5, 5.41) is 11.4. The van der Waals surface area contributed by atoms with E-state index in [4.69, 9.17) is 5.73 Å². The predicted molar refractivity (Wildman–Crippen MR) is 76.7 cm³/mol. The number of nitrogens with one attached hydrogen (secondary N) is 1. The van der Waals surface area contributed by atoms with Crippen LogP contribution in [0.3, 0.4) is 0 Å². The van der Waals surface area contributed by atoms with Crippen LogP contribution >= 0.6 is 0 Å². The number of nitrogen functional groups attached to an aromatic ring is 1. The van der Waals surface area contributed by atoms with E-state index >= 15 is 0 Å². The van der Waals surface area contributed by atoms with E-state index < -0.39 is 0 Å². The Morgan fingerprint density at radius 3 is 2.67 bits per heavy atom. The molecule has 3 aromatic heterocycles. The molecule has 1 unspecified atom stereocenters. The van der Waals surface area contributed by atoms with E-state index in [0.29, 0.717) is 18.4 Å². The van der Waals surface area contributed by atoms with Crippen LogP contribution in [0.2, 0.25) is 0 Å². The average molecular weight is 285 g/mol. The normalized spacial score (nSPS) is 12.2. The van der Waals surface area contributed by atoms with Crippen molar-refractivity contribution >= 4 is 11.9 Å². The van der Waals surface area contributed by atoms with Gasteiger partial charge in [-0.25, -0.2) is 4.68 Å². The molecule has 3 aromatic rings. The molecular formula is C12H15N9. The number of hydrogen-bond acceptors (Lipinski definition) is 7. The molecule has 21 heavy (non-hydrogen) atoms. The van der Waals surface area contributed by atoms with Gasteiger partial charge in [0.15, 0.2) is 0 Å². The summed E-state index contributed by atoms with van der Waals surface area (Å²) in [6, 6.07) is 3.74. The van der Waals surface area contributed by atoms with Crippen molar-refractivity contribution in [1.82, 2.24) is 34.5 Å². The van der Waals surface area contributed by atoms with Crippen LogP contribution in [-0.2, 0) is 6.54 Å². The summed E-state index contributed by atoms with van der Waals surface area (Å²) in [4.78, 5) is 12.4. The molecule has 0 aromatic carbocycles. The van der Waals surface area contributed by atoms with Gasteiger partial charge in [-0.2, -0.15) is 25.1 Å². The van der Waals surface area contributed by atoms with Crippen LogP contribution in [0.5, 0.6) is 0 Å². The first-order chi connectivity index (χ1) is 10.2. The lowest BCUT2D eigenvalue weighted by molar-refractivity contribution is 0.558. The molecule has 3 rings (SSSR count). The van der Waals surface area contributed by atoms with Gasteiger partial charge < -0.3 is 11.1 Å². The second-order valence-electron chi connectivity index (χ2n) is 4.54. The molecule has 1 atom stereocenters. The number of nitrogens with two attached hydrogens (primary N) is 1. The Morgan fingerprint density at radius 2 is 1.95 bits per heavy atom. The molecule has 3 N–H and O–H groups in total. The quantitative estimate of drug-likeness (QED) is 0.694. The van der Waals surface area contributed by atoms with Gasteiger partial charge in [0.1, 0.15) is 0 Å². The van der Waals surface area contributed by atoms with E-state index in [1.54, 1.807) is 24.7 Å². The second kappa shape index (κ2) is 5.57. The molecule has 0 aliphatic carbocycles. The molecular weight excluding hydrogens is 270 g/mol. The minimum atomic E-state index is 0.0807. The van der Waals surface area contributed by atoms with Crippen LogP contribution < -0.4 is 11.1 Å². The van der Waals surface area contributed by atoms with Crippen LogP contribution in [0.15, 0.2) is 36.9 Å². The van der Waals surface area contributed by atoms with Gasteiger partial charge in [-0.15, -0.1) is 0 Å². The van der Waals surface area contributed by atoms with Crippen LogP contribution in [0.25, 0.3) is 5.95 Å². The minimum absolute atomic E-state index is 0.0807. The van der Waals surface area contributed by atoms with Gasteiger partial charge in [-0.3, -0.25) is 4.68 Å². The summed E-state index contributed by atoms with van der Waals surface area (Å²) in [6.07, 6.45) is 7.03. The smallest absolute Gasteiger partial charge is 0.257 e. The van der Waals surface area contributed by atoms with E-state index in [2.05, 4.69) is 30.5 Å². The zero-order chi connectivity index (χ0) is 14.7. The van der Waals surface area contributed by atoms with Crippen LogP contribution in [0, 0.1) is 0 Å². The molecule has 108 valence electrons. The van der Waals surface area contributed by atoms with Gasteiger partial charge in [0.25, 0.3) is 5.95 Å². The van der Waals surface area contributed by atoms with Gasteiger partial charge in [0.05, 0.1) is 6.54 Å². The van der Waals surface area contributed by atoms with Gasteiger partial charge in [0.2, 0.25) is 11.9 Å². The lowest BCUT2D eigenvalue weighted by Gasteiger charge is -2.14. The third-order valence-corrected chi connectivity index (χ3v) is 2.75. The zero-order valence-corrected chi connectivity index (χ0v) is 11.5. The fourth-order valence-electron chi connectivity index (χ4n) is 1.89. The Kier molecular flexibility index (Phi) is 3.46. The highest BCUT2D eigenvalue weighted by Gasteiger charge is 2.10. The molecule has 0 radical (unpaired) electrons. The van der Waals surface area contributed by atoms with E-state index in [1.165, 1.54) is 4.68 Å². The Balaban J connectivity index is 1.76. The SMILES string of the molecule is CC(Cn1cccn1)Nc1nc(N)nc(-n2cccn2)n1. The molecule has 3 heterocycles. The van der Waals surface area contributed by atoms with E-state index in [-0.39, 0.29) is 12.0 Å². The molecule has 0 fully saturated rings. The highest BCUT2D eigenvalue weighted by molar-refractivity contribution is 5.35. The highest BCUT2D eigenvalue weighted by Crippen LogP contribution is 2.08. The third kappa shape index (κ3) is 3.14. The number of anilines is 2. The van der Waals surface area contributed by atoms with E-state index in [1.807, 2.05) is 23.9 Å². The first kappa shape index (κ1) is 13.0. The predicted octanol–water partition coefficient (Wildman–Crippen LogP) is 0.337. The van der Waals surface area contributed by atoms with Gasteiger partial charge in [-0.05, 0) is 19.1 Å². The van der Waals surface area contributed by atoms with E-state index in [0.717, 1.165) is 0 Å². The fraction of sp³-hybridized carbons (Fsp3) is 0.250. The maximum atomic E-state index is 5.72. The maximum absolute atomic E-state index is 5.72. The van der Waals surface area contributed by atoms with Crippen LogP contribution in [0.4, 0.5) is 11.9 Å². The summed E-state index contributed by atoms with van der Waals surface area (Å²) >= 11 is 0. The lowest BCUT2D eigenvalue weighted by Crippen LogP contribution is -2.24. The second-order valence-corrected chi connectivity index (χ2v) is 4.54. The van der Waals surface area contributed by atoms with Crippen molar-refractivity contribution in [2.75, 3.05) is 11.1 Å². The Bertz CT molecular complexity index is 690. The van der Waals surface area contributed by atoms with Gasteiger partial charge in [-0.1, -0.05) is 0 Å². The van der Waals surface area contributed by atoms with Crippen molar-refractivity contribution in [3.8, 4) is 5.95 Å². The van der Waals surface area contributed by atoms with Crippen molar-refractivity contribution in [2.45, 2.75) is 19.5 Å². The average Bonchev–Trinajstić information content (AvgIpc) is 3.10. The standard InChI is InChI=1S/C12H15N9/c1-9(8-20-6-2-4-14-20)16-11-17-10(13)18-12(19-11)21-7-3-5-15-21/h2-7,9H,8H2,1H3,(H3,13,16,17,18,19). The van der Waals surface area contributed by atoms with Crippen molar-refractivity contribution in [2.24, 2.45) is 0 Å². The number of rotatable bonds is 5. The molecule has 0 aliphatic heterocycles. The van der Waals surface area contributed by atoms with Crippen molar-refractivity contribution in [1.29, 1.82) is 0 Å².